The second-order valence-corrected chi connectivity index (χ2v) is 10.5. The van der Waals surface area contributed by atoms with Crippen molar-refractivity contribution in [3.63, 3.8) is 0 Å². The average Bonchev–Trinajstić information content (AvgIpc) is 3.26. The van der Waals surface area contributed by atoms with E-state index in [9.17, 15) is 14.7 Å². The number of aryl methyl sites for hydroxylation is 1. The van der Waals surface area contributed by atoms with E-state index in [4.69, 9.17) is 9.72 Å². The highest BCUT2D eigenvalue weighted by Crippen LogP contribution is 2.38. The van der Waals surface area contributed by atoms with Crippen LogP contribution in [0.3, 0.4) is 0 Å². The lowest BCUT2D eigenvalue weighted by molar-refractivity contribution is -0.143. The summed E-state index contributed by atoms with van der Waals surface area (Å²) in [6.07, 6.45) is 11.5. The van der Waals surface area contributed by atoms with E-state index >= 15 is 0 Å². The van der Waals surface area contributed by atoms with Gasteiger partial charge in [-0.3, -0.25) is 4.79 Å². The van der Waals surface area contributed by atoms with Crippen LogP contribution in [0.25, 0.3) is 11.0 Å². The molecule has 2 atom stereocenters. The maximum absolute atomic E-state index is 12.2. The number of rotatable bonds is 5. The standard InChI is InChI=1S/C27H37N3O4/c1-34-27(33)29-14-13-19-10-11-23-24(22(19)17-29)28-25(20-7-3-2-4-8-20)30(23)15-12-18-6-5-9-21(16-18)26(31)32/h10-11,18,20-21H,2-9,12-17H2,1H3,(H,31,32)/t18-,21+/m0/s1. The Morgan fingerprint density at radius 2 is 1.94 bits per heavy atom. The fourth-order valence-electron chi connectivity index (χ4n) is 6.52. The van der Waals surface area contributed by atoms with Gasteiger partial charge in [0, 0.05) is 24.6 Å². The summed E-state index contributed by atoms with van der Waals surface area (Å²) in [7, 11) is 1.44. The summed E-state index contributed by atoms with van der Waals surface area (Å²) in [6.45, 7) is 2.11. The van der Waals surface area contributed by atoms with Crippen LogP contribution in [0, 0.1) is 11.8 Å². The average molecular weight is 468 g/mol. The number of hydrogen-bond donors (Lipinski definition) is 1. The van der Waals surface area contributed by atoms with Gasteiger partial charge in [0.15, 0.2) is 0 Å². The Kier molecular flexibility index (Phi) is 6.79. The predicted octanol–water partition coefficient (Wildman–Crippen LogP) is 5.49. The molecule has 34 heavy (non-hydrogen) atoms. The molecule has 0 spiro atoms. The summed E-state index contributed by atoms with van der Waals surface area (Å²) in [5.41, 5.74) is 4.65. The van der Waals surface area contributed by atoms with E-state index in [1.807, 2.05) is 0 Å². The van der Waals surface area contributed by atoms with Crippen molar-refractivity contribution >= 4 is 23.1 Å². The molecule has 2 saturated carbocycles. The first-order valence-corrected chi connectivity index (χ1v) is 13.1. The molecule has 2 aliphatic carbocycles. The summed E-state index contributed by atoms with van der Waals surface area (Å²) >= 11 is 0. The van der Waals surface area contributed by atoms with Crippen LogP contribution in [-0.4, -0.2) is 45.3 Å². The summed E-state index contributed by atoms with van der Waals surface area (Å²) in [5.74, 6) is 1.31. The summed E-state index contributed by atoms with van der Waals surface area (Å²) in [6, 6.07) is 4.44. The fraction of sp³-hybridized carbons (Fsp3) is 0.667. The lowest BCUT2D eigenvalue weighted by Gasteiger charge is -2.28. The van der Waals surface area contributed by atoms with Gasteiger partial charge in [0.1, 0.15) is 5.82 Å². The largest absolute Gasteiger partial charge is 0.481 e. The van der Waals surface area contributed by atoms with Crippen LogP contribution < -0.4 is 0 Å². The Labute approximate surface area is 201 Å². The van der Waals surface area contributed by atoms with Gasteiger partial charge in [-0.1, -0.05) is 38.2 Å². The van der Waals surface area contributed by atoms with Crippen LogP contribution in [0.15, 0.2) is 12.1 Å². The third kappa shape index (κ3) is 4.53. The number of aromatic nitrogens is 2. The number of hydrogen-bond acceptors (Lipinski definition) is 4. The Bertz CT molecular complexity index is 1060. The van der Waals surface area contributed by atoms with E-state index in [1.165, 1.54) is 50.6 Å². The van der Waals surface area contributed by atoms with Gasteiger partial charge in [-0.25, -0.2) is 9.78 Å². The number of methoxy groups -OCH3 is 1. The molecule has 1 N–H and O–H groups in total. The molecule has 0 radical (unpaired) electrons. The number of benzene rings is 1. The molecule has 2 aromatic rings. The summed E-state index contributed by atoms with van der Waals surface area (Å²) < 4.78 is 7.43. The highest BCUT2D eigenvalue weighted by atomic mass is 16.5. The van der Waals surface area contributed by atoms with Crippen LogP contribution in [0.5, 0.6) is 0 Å². The zero-order valence-electron chi connectivity index (χ0n) is 20.3. The number of fused-ring (bicyclic) bond motifs is 3. The highest BCUT2D eigenvalue weighted by molar-refractivity contribution is 5.82. The zero-order chi connectivity index (χ0) is 23.7. The molecule has 2 fully saturated rings. The smallest absolute Gasteiger partial charge is 0.409 e. The maximum Gasteiger partial charge on any atom is 0.409 e. The van der Waals surface area contributed by atoms with E-state index in [2.05, 4.69) is 16.7 Å². The predicted molar refractivity (Wildman–Crippen MR) is 130 cm³/mol. The molecule has 3 aliphatic rings. The number of ether oxygens (including phenoxy) is 1. The third-order valence-electron chi connectivity index (χ3n) is 8.45. The quantitative estimate of drug-likeness (QED) is 0.629. The SMILES string of the molecule is COC(=O)N1CCc2ccc3c(nc(C4CCCCC4)n3CC[C@@H]3CCC[C@@H](C(=O)O)C3)c2C1. The molecule has 1 aliphatic heterocycles. The van der Waals surface area contributed by atoms with Crippen molar-refractivity contribution in [3.8, 4) is 0 Å². The first kappa shape index (κ1) is 23.2. The van der Waals surface area contributed by atoms with Gasteiger partial charge in [-0.15, -0.1) is 0 Å². The fourth-order valence-corrected chi connectivity index (χ4v) is 6.52. The van der Waals surface area contributed by atoms with E-state index in [0.29, 0.717) is 24.9 Å². The second-order valence-electron chi connectivity index (χ2n) is 10.5. The number of aliphatic carboxylic acids is 1. The van der Waals surface area contributed by atoms with Crippen molar-refractivity contribution in [2.75, 3.05) is 13.7 Å². The summed E-state index contributed by atoms with van der Waals surface area (Å²) in [5, 5.41) is 9.50. The number of nitrogens with zero attached hydrogens (tertiary/aromatic N) is 3. The molecular weight excluding hydrogens is 430 g/mol. The summed E-state index contributed by atoms with van der Waals surface area (Å²) in [4.78, 5) is 30.8. The molecule has 2 heterocycles. The van der Waals surface area contributed by atoms with E-state index in [-0.39, 0.29) is 12.0 Å². The molecule has 0 bridgehead atoms. The lowest BCUT2D eigenvalue weighted by atomic mass is 9.80. The van der Waals surface area contributed by atoms with Crippen molar-refractivity contribution in [1.29, 1.82) is 0 Å². The first-order chi connectivity index (χ1) is 16.5. The first-order valence-electron chi connectivity index (χ1n) is 13.1. The topological polar surface area (TPSA) is 84.7 Å². The van der Waals surface area contributed by atoms with Gasteiger partial charge in [0.2, 0.25) is 0 Å². The van der Waals surface area contributed by atoms with Crippen molar-refractivity contribution in [2.45, 2.75) is 89.6 Å². The van der Waals surface area contributed by atoms with Crippen LogP contribution in [0.1, 0.15) is 87.1 Å². The Morgan fingerprint density at radius 1 is 1.12 bits per heavy atom. The van der Waals surface area contributed by atoms with Crippen molar-refractivity contribution in [2.24, 2.45) is 11.8 Å². The van der Waals surface area contributed by atoms with Crippen LogP contribution in [0.4, 0.5) is 4.79 Å². The van der Waals surface area contributed by atoms with Crippen LogP contribution in [0.2, 0.25) is 0 Å². The normalized spacial score (nSPS) is 23.6. The number of carbonyl (C=O) groups is 2. The van der Waals surface area contributed by atoms with Gasteiger partial charge >= 0.3 is 12.1 Å². The maximum atomic E-state index is 12.2. The van der Waals surface area contributed by atoms with Crippen molar-refractivity contribution in [3.05, 3.63) is 29.1 Å². The molecule has 1 amide bonds. The monoisotopic (exact) mass is 467 g/mol. The Morgan fingerprint density at radius 3 is 2.71 bits per heavy atom. The molecule has 5 rings (SSSR count). The number of carbonyl (C=O) groups excluding carboxylic acids is 1. The lowest BCUT2D eigenvalue weighted by Crippen LogP contribution is -2.35. The third-order valence-corrected chi connectivity index (χ3v) is 8.45. The minimum Gasteiger partial charge on any atom is -0.481 e. The van der Waals surface area contributed by atoms with E-state index in [0.717, 1.165) is 61.7 Å². The number of imidazole rings is 1. The van der Waals surface area contributed by atoms with Gasteiger partial charge in [0.05, 0.1) is 30.6 Å². The molecule has 0 saturated heterocycles. The number of amides is 1. The van der Waals surface area contributed by atoms with Gasteiger partial charge in [-0.2, -0.15) is 0 Å². The molecular formula is C27H37N3O4. The van der Waals surface area contributed by atoms with Gasteiger partial charge in [0.25, 0.3) is 0 Å². The van der Waals surface area contributed by atoms with Crippen LogP contribution in [-0.2, 0) is 29.0 Å². The number of carboxylic acids is 1. The second kappa shape index (κ2) is 9.96. The molecule has 7 heteroatoms. The minimum atomic E-state index is -0.637. The molecule has 7 nitrogen and oxygen atoms in total. The Balaban J connectivity index is 1.47. The molecule has 1 aromatic carbocycles. The van der Waals surface area contributed by atoms with Crippen molar-refractivity contribution < 1.29 is 19.4 Å². The van der Waals surface area contributed by atoms with Gasteiger partial charge in [-0.05, 0) is 56.1 Å². The minimum absolute atomic E-state index is 0.188. The van der Waals surface area contributed by atoms with Crippen LogP contribution >= 0.6 is 0 Å². The molecule has 1 aromatic heterocycles. The van der Waals surface area contributed by atoms with Crippen molar-refractivity contribution in [1.82, 2.24) is 14.5 Å². The molecule has 184 valence electrons. The van der Waals surface area contributed by atoms with E-state index in [1.54, 1.807) is 4.90 Å². The zero-order valence-corrected chi connectivity index (χ0v) is 20.3. The molecule has 0 unspecified atom stereocenters. The van der Waals surface area contributed by atoms with E-state index < -0.39 is 5.97 Å². The Hall–Kier alpha value is -2.57. The van der Waals surface area contributed by atoms with Gasteiger partial charge < -0.3 is 19.3 Å². The number of carboxylic acid groups (broad SMARTS) is 1. The highest BCUT2D eigenvalue weighted by Gasteiger charge is 2.30.